The molecule has 4 nitrogen and oxygen atoms in total. The van der Waals surface area contributed by atoms with Crippen molar-refractivity contribution in [3.63, 3.8) is 0 Å². The molecule has 190 valence electrons. The second-order valence-electron chi connectivity index (χ2n) is 10.4. The third-order valence-electron chi connectivity index (χ3n) is 4.83. The summed E-state index contributed by atoms with van der Waals surface area (Å²) in [5.41, 5.74) is 1.09. The molecule has 0 atom stereocenters. The summed E-state index contributed by atoms with van der Waals surface area (Å²) in [4.78, 5) is 24.7. The van der Waals surface area contributed by atoms with Crippen LogP contribution in [0, 0.1) is 5.41 Å². The fourth-order valence-electron chi connectivity index (χ4n) is 3.09. The Bertz CT molecular complexity index is 576. The zero-order valence-corrected chi connectivity index (χ0v) is 22.3. The highest BCUT2D eigenvalue weighted by Crippen LogP contribution is 2.14. The molecule has 0 saturated carbocycles. The first-order valence-electron chi connectivity index (χ1n) is 13.1. The Labute approximate surface area is 203 Å². The van der Waals surface area contributed by atoms with Gasteiger partial charge in [0.2, 0.25) is 0 Å². The number of hydrogen-bond donors (Lipinski definition) is 0. The van der Waals surface area contributed by atoms with Crippen molar-refractivity contribution in [2.45, 2.75) is 119 Å². The van der Waals surface area contributed by atoms with Crippen LogP contribution in [-0.2, 0) is 9.47 Å². The zero-order chi connectivity index (χ0) is 25.0. The minimum Gasteiger partial charge on any atom is -0.462 e. The standard InChI is InChI=1S/C24H38O4.C5H12/c1-3-5-7-9-11-15-19-27-23(25)21-17-13-14-18-22(21)24(26)28-20-16-12-10-8-6-4-2;1-5(2,3)4/h13-14,17-18H,3-12,15-16,19-20H2,1-2H3;1-4H3. The molecule has 0 radical (unpaired) electrons. The molecule has 0 aliphatic heterocycles. The maximum absolute atomic E-state index is 12.4. The van der Waals surface area contributed by atoms with Gasteiger partial charge >= 0.3 is 11.9 Å². The SMILES string of the molecule is CC(C)(C)C.CCCCCCCCOC(=O)c1ccccc1C(=O)OCCCCCCCC. The van der Waals surface area contributed by atoms with Crippen LogP contribution in [0.25, 0.3) is 0 Å². The van der Waals surface area contributed by atoms with Crippen molar-refractivity contribution >= 4 is 11.9 Å². The van der Waals surface area contributed by atoms with Gasteiger partial charge in [0.15, 0.2) is 0 Å². The van der Waals surface area contributed by atoms with Crippen LogP contribution in [0.1, 0.15) is 139 Å². The molecular weight excluding hydrogens is 412 g/mol. The molecule has 1 rings (SSSR count). The summed E-state index contributed by atoms with van der Waals surface area (Å²) in [5, 5.41) is 0. The number of benzene rings is 1. The first kappa shape index (κ1) is 31.2. The summed E-state index contributed by atoms with van der Waals surface area (Å²) >= 11 is 0. The maximum Gasteiger partial charge on any atom is 0.339 e. The van der Waals surface area contributed by atoms with Gasteiger partial charge in [-0.05, 0) is 30.4 Å². The number of carbonyl (C=O) groups is 2. The van der Waals surface area contributed by atoms with E-state index in [0.717, 1.165) is 25.7 Å². The average Bonchev–Trinajstić information content (AvgIpc) is 2.76. The highest BCUT2D eigenvalue weighted by Gasteiger charge is 2.18. The third-order valence-corrected chi connectivity index (χ3v) is 4.83. The Morgan fingerprint density at radius 2 is 0.909 bits per heavy atom. The Hall–Kier alpha value is -1.84. The predicted molar refractivity (Wildman–Crippen MR) is 139 cm³/mol. The van der Waals surface area contributed by atoms with Gasteiger partial charge < -0.3 is 9.47 Å². The number of carbonyl (C=O) groups excluding carboxylic acids is 2. The van der Waals surface area contributed by atoms with Gasteiger partial charge in [-0.3, -0.25) is 0 Å². The van der Waals surface area contributed by atoms with Gasteiger partial charge in [-0.15, -0.1) is 0 Å². The first-order valence-corrected chi connectivity index (χ1v) is 13.1. The molecule has 0 saturated heterocycles. The Balaban J connectivity index is 0.00000184. The normalized spacial score (nSPS) is 10.8. The van der Waals surface area contributed by atoms with Crippen LogP contribution in [0.15, 0.2) is 24.3 Å². The van der Waals surface area contributed by atoms with Gasteiger partial charge in [0, 0.05) is 0 Å². The van der Waals surface area contributed by atoms with Gasteiger partial charge in [0.1, 0.15) is 0 Å². The lowest BCUT2D eigenvalue weighted by atomic mass is 10.0. The highest BCUT2D eigenvalue weighted by molar-refractivity contribution is 6.03. The number of hydrogen-bond acceptors (Lipinski definition) is 4. The monoisotopic (exact) mass is 462 g/mol. The van der Waals surface area contributed by atoms with E-state index in [2.05, 4.69) is 41.5 Å². The molecule has 0 bridgehead atoms. The van der Waals surface area contributed by atoms with E-state index >= 15 is 0 Å². The summed E-state index contributed by atoms with van der Waals surface area (Å²) in [6.45, 7) is 13.9. The number of unbranched alkanes of at least 4 members (excludes halogenated alkanes) is 10. The van der Waals surface area contributed by atoms with Crippen LogP contribution in [-0.4, -0.2) is 25.2 Å². The van der Waals surface area contributed by atoms with E-state index in [4.69, 9.17) is 9.47 Å². The van der Waals surface area contributed by atoms with E-state index in [9.17, 15) is 9.59 Å². The van der Waals surface area contributed by atoms with Crippen molar-refractivity contribution in [2.75, 3.05) is 13.2 Å². The molecule has 0 spiro atoms. The van der Waals surface area contributed by atoms with Crippen LogP contribution in [0.2, 0.25) is 0 Å². The maximum atomic E-state index is 12.4. The summed E-state index contributed by atoms with van der Waals surface area (Å²) in [7, 11) is 0. The van der Waals surface area contributed by atoms with E-state index in [1.807, 2.05) is 0 Å². The molecule has 33 heavy (non-hydrogen) atoms. The highest BCUT2D eigenvalue weighted by atomic mass is 16.5. The molecule has 1 aromatic carbocycles. The second kappa shape index (κ2) is 19.6. The van der Waals surface area contributed by atoms with Crippen molar-refractivity contribution in [1.82, 2.24) is 0 Å². The Kier molecular flexibility index (Phi) is 18.5. The fourth-order valence-corrected chi connectivity index (χ4v) is 3.09. The van der Waals surface area contributed by atoms with Gasteiger partial charge in [0.05, 0.1) is 24.3 Å². The minimum atomic E-state index is -0.444. The third kappa shape index (κ3) is 19.3. The second-order valence-corrected chi connectivity index (χ2v) is 10.4. The average molecular weight is 463 g/mol. The quantitative estimate of drug-likeness (QED) is 0.182. The summed E-state index contributed by atoms with van der Waals surface area (Å²) in [6.07, 6.45) is 13.6. The smallest absolute Gasteiger partial charge is 0.339 e. The summed E-state index contributed by atoms with van der Waals surface area (Å²) < 4.78 is 10.7. The van der Waals surface area contributed by atoms with Gasteiger partial charge in [-0.2, -0.15) is 0 Å². The number of rotatable bonds is 16. The van der Waals surface area contributed by atoms with Gasteiger partial charge in [-0.1, -0.05) is 118 Å². The molecule has 0 aliphatic carbocycles. The topological polar surface area (TPSA) is 52.6 Å². The molecule has 0 heterocycles. The van der Waals surface area contributed by atoms with Crippen LogP contribution >= 0.6 is 0 Å². The van der Waals surface area contributed by atoms with Crippen molar-refractivity contribution in [3.8, 4) is 0 Å². The molecule has 0 N–H and O–H groups in total. The molecule has 4 heteroatoms. The van der Waals surface area contributed by atoms with Crippen molar-refractivity contribution in [3.05, 3.63) is 35.4 Å². The largest absolute Gasteiger partial charge is 0.462 e. The van der Waals surface area contributed by atoms with E-state index in [0.29, 0.717) is 29.8 Å². The summed E-state index contributed by atoms with van der Waals surface area (Å²) in [5.74, 6) is -0.888. The Morgan fingerprint density at radius 1 is 0.606 bits per heavy atom. The molecular formula is C29H50O4. The summed E-state index contributed by atoms with van der Waals surface area (Å²) in [6, 6.07) is 6.74. The van der Waals surface area contributed by atoms with Crippen LogP contribution < -0.4 is 0 Å². The molecule has 0 aromatic heterocycles. The predicted octanol–water partition coefficient (Wildman–Crippen LogP) is 8.77. The molecule has 0 fully saturated rings. The van der Waals surface area contributed by atoms with Gasteiger partial charge in [0.25, 0.3) is 0 Å². The number of ether oxygens (including phenoxy) is 2. The lowest BCUT2D eigenvalue weighted by Crippen LogP contribution is -2.15. The molecule has 1 aromatic rings. The van der Waals surface area contributed by atoms with Gasteiger partial charge in [-0.25, -0.2) is 9.59 Å². The van der Waals surface area contributed by atoms with Crippen LogP contribution in [0.3, 0.4) is 0 Å². The zero-order valence-electron chi connectivity index (χ0n) is 22.3. The lowest BCUT2D eigenvalue weighted by molar-refractivity contribution is 0.0450. The molecule has 0 unspecified atom stereocenters. The van der Waals surface area contributed by atoms with Crippen LogP contribution in [0.4, 0.5) is 0 Å². The number of esters is 2. The van der Waals surface area contributed by atoms with E-state index in [1.165, 1.54) is 51.4 Å². The van der Waals surface area contributed by atoms with E-state index in [1.54, 1.807) is 24.3 Å². The molecule has 0 amide bonds. The Morgan fingerprint density at radius 3 is 1.24 bits per heavy atom. The van der Waals surface area contributed by atoms with E-state index in [-0.39, 0.29) is 0 Å². The van der Waals surface area contributed by atoms with Crippen molar-refractivity contribution < 1.29 is 19.1 Å². The fraction of sp³-hybridized carbons (Fsp3) is 0.724. The van der Waals surface area contributed by atoms with Crippen molar-refractivity contribution in [2.24, 2.45) is 5.41 Å². The van der Waals surface area contributed by atoms with E-state index < -0.39 is 11.9 Å². The molecule has 0 aliphatic rings. The van der Waals surface area contributed by atoms with Crippen LogP contribution in [0.5, 0.6) is 0 Å². The first-order chi connectivity index (χ1) is 15.7. The minimum absolute atomic E-state index is 0.293. The lowest BCUT2D eigenvalue weighted by Gasteiger charge is -2.10. The van der Waals surface area contributed by atoms with Crippen molar-refractivity contribution in [1.29, 1.82) is 0 Å².